The van der Waals surface area contributed by atoms with Crippen LogP contribution in [0.3, 0.4) is 0 Å². The number of pyridine rings is 1. The summed E-state index contributed by atoms with van der Waals surface area (Å²) in [4.78, 5) is 10.1. The first-order valence-corrected chi connectivity index (χ1v) is 9.04. The average Bonchev–Trinajstić information content (AvgIpc) is 3.14. The van der Waals surface area contributed by atoms with Crippen LogP contribution in [0.5, 0.6) is 0 Å². The monoisotopic (exact) mass is 330 g/mol. The molecule has 2 aromatic carbocycles. The Hall–Kier alpha value is -2.52. The smallest absolute Gasteiger partial charge is 0.0794 e. The predicted molar refractivity (Wildman–Crippen MR) is 101 cm³/mol. The Bertz CT molecular complexity index is 931. The van der Waals surface area contributed by atoms with E-state index in [4.69, 9.17) is 0 Å². The van der Waals surface area contributed by atoms with Crippen molar-refractivity contribution in [3.05, 3.63) is 94.1 Å². The third kappa shape index (κ3) is 3.52. The van der Waals surface area contributed by atoms with E-state index in [-0.39, 0.29) is 0 Å². The van der Waals surface area contributed by atoms with Crippen LogP contribution in [-0.4, -0.2) is 9.97 Å². The van der Waals surface area contributed by atoms with Gasteiger partial charge < -0.3 is 0 Å². The van der Waals surface area contributed by atoms with Gasteiger partial charge in [-0.3, -0.25) is 9.97 Å². The van der Waals surface area contributed by atoms with E-state index in [1.54, 1.807) is 11.3 Å². The highest BCUT2D eigenvalue weighted by Crippen LogP contribution is 2.19. The molecular weight excluding hydrogens is 312 g/mol. The number of rotatable bonds is 5. The second-order valence-corrected chi connectivity index (χ2v) is 6.97. The zero-order chi connectivity index (χ0) is 16.2. The maximum atomic E-state index is 4.66. The highest BCUT2D eigenvalue weighted by atomic mass is 32.1. The van der Waals surface area contributed by atoms with Gasteiger partial charge in [0.15, 0.2) is 0 Å². The number of aromatic nitrogens is 2. The van der Waals surface area contributed by atoms with Crippen molar-refractivity contribution < 1.29 is 0 Å². The highest BCUT2D eigenvalue weighted by molar-refractivity contribution is 7.09. The first-order valence-electron chi connectivity index (χ1n) is 8.16. The number of aryl methyl sites for hydroxylation is 2. The van der Waals surface area contributed by atoms with Crippen molar-refractivity contribution >= 4 is 22.2 Å². The molecule has 0 bridgehead atoms. The Morgan fingerprint density at radius 2 is 1.67 bits per heavy atom. The fourth-order valence-corrected chi connectivity index (χ4v) is 3.56. The Kier molecular flexibility index (Phi) is 4.34. The fraction of sp³-hybridized carbons (Fsp3) is 0.143. The van der Waals surface area contributed by atoms with E-state index in [1.807, 2.05) is 17.9 Å². The molecule has 0 saturated heterocycles. The van der Waals surface area contributed by atoms with Gasteiger partial charge in [0.2, 0.25) is 0 Å². The van der Waals surface area contributed by atoms with Gasteiger partial charge in [-0.25, -0.2) is 0 Å². The van der Waals surface area contributed by atoms with Crippen LogP contribution in [0.4, 0.5) is 0 Å². The Morgan fingerprint density at radius 1 is 0.792 bits per heavy atom. The first kappa shape index (κ1) is 15.0. The van der Waals surface area contributed by atoms with E-state index in [1.165, 1.54) is 27.0 Å². The number of hydrogen-bond acceptors (Lipinski definition) is 3. The van der Waals surface area contributed by atoms with Gasteiger partial charge in [-0.05, 0) is 41.7 Å². The first-order chi connectivity index (χ1) is 11.9. The summed E-state index contributed by atoms with van der Waals surface area (Å²) in [7, 11) is 0. The molecule has 0 fully saturated rings. The highest BCUT2D eigenvalue weighted by Gasteiger charge is 2.03. The molecule has 0 unspecified atom stereocenters. The molecule has 0 amide bonds. The van der Waals surface area contributed by atoms with E-state index in [2.05, 4.69) is 64.6 Å². The zero-order valence-corrected chi connectivity index (χ0v) is 14.2. The fourth-order valence-electron chi connectivity index (χ4n) is 2.93. The van der Waals surface area contributed by atoms with Gasteiger partial charge in [0.25, 0.3) is 0 Å². The molecule has 0 aliphatic heterocycles. The summed E-state index contributed by atoms with van der Waals surface area (Å²) < 4.78 is 0. The summed E-state index contributed by atoms with van der Waals surface area (Å²) in [5.74, 6) is 0. The van der Waals surface area contributed by atoms with Gasteiger partial charge in [-0.2, -0.15) is 0 Å². The summed E-state index contributed by atoms with van der Waals surface area (Å²) in [5, 5.41) is 1.21. The van der Waals surface area contributed by atoms with Gasteiger partial charge in [-0.1, -0.05) is 42.5 Å². The SMILES string of the molecule is c1ccc(CCc2ccc3cc(Cc4cncs4)cnc3c2)cc1. The molecule has 2 aromatic heterocycles. The van der Waals surface area contributed by atoms with E-state index in [0.717, 1.165) is 24.8 Å². The minimum atomic E-state index is 0.906. The predicted octanol–water partition coefficient (Wildman–Crippen LogP) is 5.07. The third-order valence-electron chi connectivity index (χ3n) is 4.21. The maximum Gasteiger partial charge on any atom is 0.0794 e. The molecule has 0 aliphatic carbocycles. The molecule has 2 heterocycles. The normalized spacial score (nSPS) is 11.0. The second kappa shape index (κ2) is 6.93. The lowest BCUT2D eigenvalue weighted by Gasteiger charge is -2.06. The van der Waals surface area contributed by atoms with E-state index < -0.39 is 0 Å². The largest absolute Gasteiger partial charge is 0.256 e. The average molecular weight is 330 g/mol. The maximum absolute atomic E-state index is 4.66. The van der Waals surface area contributed by atoms with E-state index >= 15 is 0 Å². The number of nitrogens with zero attached hydrogens (tertiary/aromatic N) is 2. The summed E-state index contributed by atoms with van der Waals surface area (Å²) in [6.07, 6.45) is 6.94. The van der Waals surface area contributed by atoms with Crippen molar-refractivity contribution in [2.75, 3.05) is 0 Å². The van der Waals surface area contributed by atoms with Gasteiger partial charge in [-0.15, -0.1) is 11.3 Å². The third-order valence-corrected chi connectivity index (χ3v) is 4.99. The number of benzene rings is 2. The standard InChI is InChI=1S/C21H18N2S/c1-2-4-16(5-3-1)6-7-17-8-9-19-10-18(13-23-21(19)12-17)11-20-14-22-15-24-20/h1-5,8-10,12-15H,6-7,11H2. The van der Waals surface area contributed by atoms with Gasteiger partial charge >= 0.3 is 0 Å². The van der Waals surface area contributed by atoms with E-state index in [9.17, 15) is 0 Å². The number of thiazole rings is 1. The molecule has 0 N–H and O–H groups in total. The van der Waals surface area contributed by atoms with Crippen molar-refractivity contribution in [2.45, 2.75) is 19.3 Å². The van der Waals surface area contributed by atoms with Crippen LogP contribution in [0.15, 0.2) is 72.5 Å². The summed E-state index contributed by atoms with van der Waals surface area (Å²) in [5.41, 5.74) is 6.92. The van der Waals surface area contributed by atoms with Gasteiger partial charge in [0.1, 0.15) is 0 Å². The lowest BCUT2D eigenvalue weighted by molar-refractivity contribution is 0.961. The van der Waals surface area contributed by atoms with Crippen LogP contribution in [0, 0.1) is 0 Å². The quantitative estimate of drug-likeness (QED) is 0.511. The molecule has 2 nitrogen and oxygen atoms in total. The molecule has 4 aromatic rings. The lowest BCUT2D eigenvalue weighted by atomic mass is 10.0. The zero-order valence-electron chi connectivity index (χ0n) is 13.4. The Morgan fingerprint density at radius 3 is 2.50 bits per heavy atom. The van der Waals surface area contributed by atoms with Crippen molar-refractivity contribution in [1.82, 2.24) is 9.97 Å². The molecule has 0 aliphatic rings. The van der Waals surface area contributed by atoms with Crippen LogP contribution in [-0.2, 0) is 19.3 Å². The molecule has 0 atom stereocenters. The van der Waals surface area contributed by atoms with Crippen LogP contribution < -0.4 is 0 Å². The minimum Gasteiger partial charge on any atom is -0.256 e. The molecule has 24 heavy (non-hydrogen) atoms. The lowest BCUT2D eigenvalue weighted by Crippen LogP contribution is -1.93. The number of hydrogen-bond donors (Lipinski definition) is 0. The van der Waals surface area contributed by atoms with E-state index in [0.29, 0.717) is 0 Å². The number of fused-ring (bicyclic) bond motifs is 1. The van der Waals surface area contributed by atoms with Crippen LogP contribution in [0.25, 0.3) is 10.9 Å². The molecule has 4 rings (SSSR count). The molecule has 3 heteroatoms. The van der Waals surface area contributed by atoms with Crippen LogP contribution >= 0.6 is 11.3 Å². The second-order valence-electron chi connectivity index (χ2n) is 6.00. The molecule has 0 radical (unpaired) electrons. The summed E-state index contributed by atoms with van der Waals surface area (Å²) >= 11 is 1.69. The van der Waals surface area contributed by atoms with Gasteiger partial charge in [0, 0.05) is 29.1 Å². The Balaban J connectivity index is 1.51. The molecule has 0 saturated carbocycles. The molecule has 0 spiro atoms. The van der Waals surface area contributed by atoms with Gasteiger partial charge in [0.05, 0.1) is 11.0 Å². The van der Waals surface area contributed by atoms with Crippen molar-refractivity contribution in [2.24, 2.45) is 0 Å². The molecule has 118 valence electrons. The van der Waals surface area contributed by atoms with Crippen molar-refractivity contribution in [3.63, 3.8) is 0 Å². The summed E-state index contributed by atoms with van der Waals surface area (Å²) in [6, 6.07) is 19.5. The van der Waals surface area contributed by atoms with Crippen LogP contribution in [0.2, 0.25) is 0 Å². The van der Waals surface area contributed by atoms with Crippen molar-refractivity contribution in [3.8, 4) is 0 Å². The Labute approximate surface area is 145 Å². The summed E-state index contributed by atoms with van der Waals surface area (Å²) in [6.45, 7) is 0. The molecular formula is C21H18N2S. The topological polar surface area (TPSA) is 25.8 Å². The minimum absolute atomic E-state index is 0.906. The van der Waals surface area contributed by atoms with Crippen LogP contribution in [0.1, 0.15) is 21.6 Å². The van der Waals surface area contributed by atoms with Crippen molar-refractivity contribution in [1.29, 1.82) is 0 Å².